The van der Waals surface area contributed by atoms with Crippen molar-refractivity contribution in [2.45, 2.75) is 59.0 Å². The molecular formula is C28H35FN4O3. The largest absolute Gasteiger partial charge is 0.355 e. The van der Waals surface area contributed by atoms with E-state index in [9.17, 15) is 18.8 Å². The van der Waals surface area contributed by atoms with Crippen LogP contribution in [0, 0.1) is 12.7 Å². The molecule has 8 heteroatoms. The number of hydrogen-bond donors (Lipinski definition) is 1. The Labute approximate surface area is 212 Å². The molecule has 36 heavy (non-hydrogen) atoms. The molecule has 1 aliphatic carbocycles. The standard InChI is InChI=1S/C28H35FN4O3/c1-4-5-6-12-30-27(35)17-32(25-14-22-20(13-19(25)2)10-11-26(22)34)18-28(36)31(3)33-15-21-8-7-9-24(29)23(21)16-33/h7-9,13-14H,4-6,10-12,15-18H2,1-3H3,(H,30,35). The molecule has 1 N–H and O–H groups in total. The van der Waals surface area contributed by atoms with Crippen LogP contribution in [0.2, 0.25) is 0 Å². The number of unbranched alkanes of at least 4 members (excludes halogenated alkanes) is 2. The third-order valence-electron chi connectivity index (χ3n) is 7.14. The number of hydrogen-bond acceptors (Lipinski definition) is 5. The van der Waals surface area contributed by atoms with Crippen LogP contribution in [0.1, 0.15) is 65.2 Å². The first-order valence-electron chi connectivity index (χ1n) is 12.7. The number of likely N-dealkylation sites (N-methyl/N-ethyl adjacent to an activating group) is 1. The minimum atomic E-state index is -0.268. The molecule has 2 amide bonds. The van der Waals surface area contributed by atoms with Crippen LogP contribution >= 0.6 is 0 Å². The van der Waals surface area contributed by atoms with Crippen LogP contribution in [0.25, 0.3) is 0 Å². The van der Waals surface area contributed by atoms with Crippen molar-refractivity contribution < 1.29 is 18.8 Å². The summed E-state index contributed by atoms with van der Waals surface area (Å²) >= 11 is 0. The number of ketones is 1. The normalized spacial score (nSPS) is 14.5. The number of benzene rings is 2. The molecule has 1 heterocycles. The smallest absolute Gasteiger partial charge is 0.256 e. The van der Waals surface area contributed by atoms with Crippen molar-refractivity contribution in [3.8, 4) is 0 Å². The second-order valence-electron chi connectivity index (χ2n) is 9.75. The van der Waals surface area contributed by atoms with Gasteiger partial charge in [-0.25, -0.2) is 9.40 Å². The van der Waals surface area contributed by atoms with E-state index in [0.717, 1.165) is 42.4 Å². The summed E-state index contributed by atoms with van der Waals surface area (Å²) in [4.78, 5) is 40.3. The fourth-order valence-electron chi connectivity index (χ4n) is 5.00. The van der Waals surface area contributed by atoms with E-state index in [1.165, 1.54) is 11.1 Å². The van der Waals surface area contributed by atoms with E-state index in [0.29, 0.717) is 42.9 Å². The molecule has 2 aliphatic rings. The van der Waals surface area contributed by atoms with Crippen LogP contribution in [0.15, 0.2) is 30.3 Å². The maximum Gasteiger partial charge on any atom is 0.256 e. The molecule has 2 aromatic rings. The zero-order valence-corrected chi connectivity index (χ0v) is 21.4. The Morgan fingerprint density at radius 3 is 2.64 bits per heavy atom. The van der Waals surface area contributed by atoms with Crippen LogP contribution < -0.4 is 10.2 Å². The van der Waals surface area contributed by atoms with Gasteiger partial charge in [0.1, 0.15) is 5.82 Å². The van der Waals surface area contributed by atoms with Gasteiger partial charge < -0.3 is 10.2 Å². The molecule has 0 fully saturated rings. The van der Waals surface area contributed by atoms with Crippen molar-refractivity contribution >= 4 is 23.3 Å². The first-order valence-corrected chi connectivity index (χ1v) is 12.7. The molecule has 0 bridgehead atoms. The maximum absolute atomic E-state index is 14.2. The molecule has 1 aliphatic heterocycles. The number of Topliss-reactive ketones (excluding diaryl/α,β-unsaturated/α-hetero) is 1. The highest BCUT2D eigenvalue weighted by Gasteiger charge is 2.29. The molecular weight excluding hydrogens is 459 g/mol. The number of carbonyl (C=O) groups excluding carboxylic acids is 3. The Balaban J connectivity index is 1.51. The van der Waals surface area contributed by atoms with Gasteiger partial charge >= 0.3 is 0 Å². The highest BCUT2D eigenvalue weighted by Crippen LogP contribution is 2.31. The monoisotopic (exact) mass is 494 g/mol. The predicted molar refractivity (Wildman–Crippen MR) is 137 cm³/mol. The third kappa shape index (κ3) is 5.59. The SMILES string of the molecule is CCCCCNC(=O)CN(CC(=O)N(C)N1Cc2cccc(F)c2C1)c1cc2c(cc1C)CCC2=O. The molecule has 0 spiro atoms. The number of hydrazine groups is 1. The lowest BCUT2D eigenvalue weighted by molar-refractivity contribution is -0.145. The van der Waals surface area contributed by atoms with Gasteiger partial charge in [0.05, 0.1) is 13.1 Å². The van der Waals surface area contributed by atoms with Gasteiger partial charge in [0.25, 0.3) is 5.91 Å². The molecule has 2 aromatic carbocycles. The number of anilines is 1. The highest BCUT2D eigenvalue weighted by atomic mass is 19.1. The molecule has 4 rings (SSSR count). The summed E-state index contributed by atoms with van der Waals surface area (Å²) < 4.78 is 14.2. The Hall–Kier alpha value is -3.26. The van der Waals surface area contributed by atoms with Crippen molar-refractivity contribution in [2.75, 3.05) is 31.6 Å². The molecule has 0 aromatic heterocycles. The summed E-state index contributed by atoms with van der Waals surface area (Å²) in [5.74, 6) is -0.553. The van der Waals surface area contributed by atoms with Gasteiger partial charge in [-0.2, -0.15) is 0 Å². The first kappa shape index (κ1) is 25.8. The van der Waals surface area contributed by atoms with Gasteiger partial charge in [0, 0.05) is 49.9 Å². The maximum atomic E-state index is 14.2. The van der Waals surface area contributed by atoms with E-state index in [1.807, 2.05) is 25.1 Å². The number of nitrogens with zero attached hydrogens (tertiary/aromatic N) is 3. The summed E-state index contributed by atoms with van der Waals surface area (Å²) in [5, 5.41) is 6.27. The van der Waals surface area contributed by atoms with E-state index in [1.54, 1.807) is 23.0 Å². The Morgan fingerprint density at radius 1 is 1.08 bits per heavy atom. The van der Waals surface area contributed by atoms with Gasteiger partial charge in [-0.05, 0) is 48.6 Å². The van der Waals surface area contributed by atoms with Gasteiger partial charge in [-0.15, -0.1) is 0 Å². The van der Waals surface area contributed by atoms with Crippen LogP contribution in [0.4, 0.5) is 10.1 Å². The van der Waals surface area contributed by atoms with Crippen molar-refractivity contribution in [3.63, 3.8) is 0 Å². The lowest BCUT2D eigenvalue weighted by Crippen LogP contribution is -2.48. The fourth-order valence-corrected chi connectivity index (χ4v) is 5.00. The molecule has 7 nitrogen and oxygen atoms in total. The molecule has 192 valence electrons. The number of rotatable bonds is 10. The first-order chi connectivity index (χ1) is 17.3. The number of halogens is 1. The average Bonchev–Trinajstić information content (AvgIpc) is 3.45. The minimum absolute atomic E-state index is 0.00831. The van der Waals surface area contributed by atoms with Crippen LogP contribution in [-0.4, -0.2) is 54.3 Å². The average molecular weight is 495 g/mol. The summed E-state index contributed by atoms with van der Waals surface area (Å²) in [6.07, 6.45) is 4.22. The summed E-state index contributed by atoms with van der Waals surface area (Å²) in [7, 11) is 1.67. The Bertz CT molecular complexity index is 1170. The van der Waals surface area contributed by atoms with E-state index in [-0.39, 0.29) is 36.5 Å². The van der Waals surface area contributed by atoms with Gasteiger partial charge in [-0.1, -0.05) is 38.0 Å². The van der Waals surface area contributed by atoms with Gasteiger partial charge in [0.2, 0.25) is 5.91 Å². The van der Waals surface area contributed by atoms with E-state index >= 15 is 0 Å². The molecule has 0 atom stereocenters. The van der Waals surface area contributed by atoms with Crippen molar-refractivity contribution in [1.29, 1.82) is 0 Å². The number of aryl methyl sites for hydroxylation is 2. The highest BCUT2D eigenvalue weighted by molar-refractivity contribution is 6.01. The molecule has 0 unspecified atom stereocenters. The molecule has 0 radical (unpaired) electrons. The fraction of sp³-hybridized carbons (Fsp3) is 0.464. The molecule has 0 saturated heterocycles. The summed E-state index contributed by atoms with van der Waals surface area (Å²) in [6.45, 7) is 5.37. The van der Waals surface area contributed by atoms with E-state index in [2.05, 4.69) is 12.2 Å². The zero-order valence-electron chi connectivity index (χ0n) is 21.4. The summed E-state index contributed by atoms with van der Waals surface area (Å²) in [6, 6.07) is 8.81. The van der Waals surface area contributed by atoms with Crippen LogP contribution in [0.5, 0.6) is 0 Å². The predicted octanol–water partition coefficient (Wildman–Crippen LogP) is 3.77. The van der Waals surface area contributed by atoms with Gasteiger partial charge in [-0.3, -0.25) is 19.4 Å². The Morgan fingerprint density at radius 2 is 1.89 bits per heavy atom. The Kier molecular flexibility index (Phi) is 8.04. The number of carbonyl (C=O) groups is 3. The topological polar surface area (TPSA) is 73.0 Å². The van der Waals surface area contributed by atoms with Gasteiger partial charge in [0.15, 0.2) is 5.78 Å². The summed E-state index contributed by atoms with van der Waals surface area (Å²) in [5.41, 5.74) is 4.80. The minimum Gasteiger partial charge on any atom is -0.355 e. The zero-order chi connectivity index (χ0) is 25.8. The van der Waals surface area contributed by atoms with Crippen molar-refractivity contribution in [2.24, 2.45) is 0 Å². The number of nitrogens with one attached hydrogen (secondary N) is 1. The van der Waals surface area contributed by atoms with E-state index < -0.39 is 0 Å². The second-order valence-corrected chi connectivity index (χ2v) is 9.75. The number of fused-ring (bicyclic) bond motifs is 2. The van der Waals surface area contributed by atoms with Crippen LogP contribution in [0.3, 0.4) is 0 Å². The van der Waals surface area contributed by atoms with Crippen molar-refractivity contribution in [1.82, 2.24) is 15.3 Å². The number of amides is 2. The molecule has 0 saturated carbocycles. The lowest BCUT2D eigenvalue weighted by atomic mass is 10.0. The van der Waals surface area contributed by atoms with Crippen LogP contribution in [-0.2, 0) is 29.1 Å². The second kappa shape index (κ2) is 11.2. The lowest BCUT2D eigenvalue weighted by Gasteiger charge is -2.32. The quantitative estimate of drug-likeness (QED) is 0.509. The third-order valence-corrected chi connectivity index (χ3v) is 7.14. The van der Waals surface area contributed by atoms with Crippen molar-refractivity contribution in [3.05, 3.63) is 64.0 Å². The van der Waals surface area contributed by atoms with E-state index in [4.69, 9.17) is 0 Å².